The molecule has 0 unspecified atom stereocenters. The monoisotopic (exact) mass is 235 g/mol. The molecule has 6 nitrogen and oxygen atoms in total. The number of nitrogens with two attached hydrogens (primary N) is 1. The molecule has 0 aliphatic rings. The third kappa shape index (κ3) is 2.74. The zero-order valence-electron chi connectivity index (χ0n) is 8.25. The van der Waals surface area contributed by atoms with Gasteiger partial charge in [0.15, 0.2) is 10.9 Å². The highest BCUT2D eigenvalue weighted by atomic mass is 32.1. The van der Waals surface area contributed by atoms with Crippen molar-refractivity contribution in [2.24, 2.45) is 0 Å². The summed E-state index contributed by atoms with van der Waals surface area (Å²) < 4.78 is 0. The van der Waals surface area contributed by atoms with Crippen LogP contribution in [0.25, 0.3) is 0 Å². The van der Waals surface area contributed by atoms with Crippen LogP contribution in [0.3, 0.4) is 0 Å². The molecule has 7 heteroatoms. The minimum absolute atomic E-state index is 0.185. The molecular formula is C9H9N5OS. The van der Waals surface area contributed by atoms with Gasteiger partial charge in [-0.15, -0.1) is 16.4 Å². The van der Waals surface area contributed by atoms with Gasteiger partial charge in [-0.05, 0) is 12.1 Å². The molecular weight excluding hydrogens is 226 g/mol. The second-order valence-electron chi connectivity index (χ2n) is 3.01. The Hall–Kier alpha value is -2.02. The molecule has 0 aliphatic carbocycles. The van der Waals surface area contributed by atoms with Crippen molar-refractivity contribution in [3.8, 4) is 0 Å². The van der Waals surface area contributed by atoms with Crippen molar-refractivity contribution in [2.45, 2.75) is 6.42 Å². The first-order chi connectivity index (χ1) is 7.74. The van der Waals surface area contributed by atoms with Crippen LogP contribution in [0, 0.1) is 0 Å². The summed E-state index contributed by atoms with van der Waals surface area (Å²) in [5, 5.41) is 12.2. The van der Waals surface area contributed by atoms with Gasteiger partial charge < -0.3 is 11.1 Å². The van der Waals surface area contributed by atoms with E-state index in [1.54, 1.807) is 17.5 Å². The number of amides is 1. The van der Waals surface area contributed by atoms with E-state index in [0.717, 1.165) is 0 Å². The summed E-state index contributed by atoms with van der Waals surface area (Å²) in [6.45, 7) is 0. The molecule has 82 valence electrons. The van der Waals surface area contributed by atoms with E-state index >= 15 is 0 Å². The molecule has 0 aliphatic heterocycles. The highest BCUT2D eigenvalue weighted by Gasteiger charge is 2.07. The Morgan fingerprint density at radius 3 is 3.06 bits per heavy atom. The summed E-state index contributed by atoms with van der Waals surface area (Å²) in [6.07, 6.45) is 1.72. The van der Waals surface area contributed by atoms with E-state index in [2.05, 4.69) is 20.5 Å². The van der Waals surface area contributed by atoms with Crippen LogP contribution in [0.4, 0.5) is 10.9 Å². The molecule has 0 saturated heterocycles. The van der Waals surface area contributed by atoms with Gasteiger partial charge in [0.05, 0.1) is 12.1 Å². The van der Waals surface area contributed by atoms with Crippen LogP contribution < -0.4 is 11.1 Å². The molecule has 2 rings (SSSR count). The predicted octanol–water partition coefficient (Wildman–Crippen LogP) is 0.696. The van der Waals surface area contributed by atoms with Crippen molar-refractivity contribution in [2.75, 3.05) is 11.1 Å². The topological polar surface area (TPSA) is 93.8 Å². The summed E-state index contributed by atoms with van der Waals surface area (Å²) in [5.74, 6) is 0.238. The van der Waals surface area contributed by atoms with E-state index in [1.807, 2.05) is 0 Å². The molecule has 16 heavy (non-hydrogen) atoms. The fourth-order valence-corrected chi connectivity index (χ4v) is 1.69. The summed E-state index contributed by atoms with van der Waals surface area (Å²) >= 11 is 1.31. The lowest BCUT2D eigenvalue weighted by atomic mass is 10.3. The first-order valence-electron chi connectivity index (χ1n) is 4.51. The van der Waals surface area contributed by atoms with Crippen LogP contribution in [-0.2, 0) is 11.2 Å². The van der Waals surface area contributed by atoms with Crippen LogP contribution in [0.1, 0.15) is 5.69 Å². The molecule has 0 bridgehead atoms. The van der Waals surface area contributed by atoms with Crippen LogP contribution in [0.5, 0.6) is 0 Å². The molecule has 0 aromatic carbocycles. The van der Waals surface area contributed by atoms with E-state index in [0.29, 0.717) is 16.6 Å². The van der Waals surface area contributed by atoms with Crippen molar-refractivity contribution < 1.29 is 4.79 Å². The number of nitrogens with one attached hydrogen (secondary N) is 1. The summed E-state index contributed by atoms with van der Waals surface area (Å²) in [6, 6.07) is 3.36. The molecule has 0 atom stereocenters. The third-order valence-electron chi connectivity index (χ3n) is 1.75. The number of rotatable bonds is 3. The lowest BCUT2D eigenvalue weighted by Gasteiger charge is -2.00. The van der Waals surface area contributed by atoms with Gasteiger partial charge in [0, 0.05) is 11.6 Å². The minimum atomic E-state index is -0.189. The molecule has 3 N–H and O–H groups in total. The minimum Gasteiger partial charge on any atom is -0.375 e. The van der Waals surface area contributed by atoms with E-state index in [-0.39, 0.29) is 12.3 Å². The van der Waals surface area contributed by atoms with Crippen molar-refractivity contribution in [3.63, 3.8) is 0 Å². The van der Waals surface area contributed by atoms with Crippen LogP contribution >= 0.6 is 11.3 Å². The number of nitrogen functional groups attached to an aromatic ring is 1. The fraction of sp³-hybridized carbons (Fsp3) is 0.111. The average Bonchev–Trinajstić information content (AvgIpc) is 2.65. The standard InChI is InChI=1S/C9H9N5OS/c10-9-12-6(5-16-9)4-8(15)13-7-2-1-3-11-14-7/h1-3,5H,4H2,(H2,10,12)(H,13,14,15). The number of nitrogens with zero attached hydrogens (tertiary/aromatic N) is 3. The van der Waals surface area contributed by atoms with Crippen molar-refractivity contribution in [1.82, 2.24) is 15.2 Å². The van der Waals surface area contributed by atoms with E-state index in [4.69, 9.17) is 5.73 Å². The van der Waals surface area contributed by atoms with Crippen molar-refractivity contribution >= 4 is 28.2 Å². The van der Waals surface area contributed by atoms with Gasteiger partial charge >= 0.3 is 0 Å². The number of carbonyl (C=O) groups excluding carboxylic acids is 1. The number of hydrogen-bond acceptors (Lipinski definition) is 6. The summed E-state index contributed by atoms with van der Waals surface area (Å²) in [5.41, 5.74) is 6.12. The largest absolute Gasteiger partial charge is 0.375 e. The second-order valence-corrected chi connectivity index (χ2v) is 3.90. The van der Waals surface area contributed by atoms with Crippen molar-refractivity contribution in [1.29, 1.82) is 0 Å². The highest BCUT2D eigenvalue weighted by molar-refractivity contribution is 7.13. The van der Waals surface area contributed by atoms with Crippen LogP contribution in [0.2, 0.25) is 0 Å². The SMILES string of the molecule is Nc1nc(CC(=O)Nc2cccnn2)cs1. The van der Waals surface area contributed by atoms with Gasteiger partial charge in [-0.2, -0.15) is 5.10 Å². The quantitative estimate of drug-likeness (QED) is 0.816. The second kappa shape index (κ2) is 4.67. The van der Waals surface area contributed by atoms with Gasteiger partial charge in [-0.1, -0.05) is 0 Å². The number of aromatic nitrogens is 3. The number of thiazole rings is 1. The maximum atomic E-state index is 11.5. The normalized spacial score (nSPS) is 10.0. The number of hydrogen-bond donors (Lipinski definition) is 2. The first-order valence-corrected chi connectivity index (χ1v) is 5.39. The average molecular weight is 235 g/mol. The van der Waals surface area contributed by atoms with E-state index in [9.17, 15) is 4.79 Å². The molecule has 0 saturated carbocycles. The number of carbonyl (C=O) groups is 1. The van der Waals surface area contributed by atoms with Gasteiger partial charge in [0.25, 0.3) is 0 Å². The Kier molecular flexibility index (Phi) is 3.06. The summed E-state index contributed by atoms with van der Waals surface area (Å²) in [4.78, 5) is 15.5. The van der Waals surface area contributed by atoms with Gasteiger partial charge in [0.2, 0.25) is 5.91 Å². The highest BCUT2D eigenvalue weighted by Crippen LogP contribution is 2.11. The Balaban J connectivity index is 1.95. The van der Waals surface area contributed by atoms with Gasteiger partial charge in [0.1, 0.15) is 0 Å². The Bertz CT molecular complexity index is 484. The predicted molar refractivity (Wildman–Crippen MR) is 60.9 cm³/mol. The zero-order valence-corrected chi connectivity index (χ0v) is 9.07. The maximum Gasteiger partial charge on any atom is 0.231 e. The smallest absolute Gasteiger partial charge is 0.231 e. The lowest BCUT2D eigenvalue weighted by Crippen LogP contribution is -2.15. The molecule has 2 heterocycles. The van der Waals surface area contributed by atoms with Crippen LogP contribution in [0.15, 0.2) is 23.7 Å². The fourth-order valence-electron chi connectivity index (χ4n) is 1.12. The zero-order chi connectivity index (χ0) is 11.4. The Labute approximate surface area is 95.5 Å². The maximum absolute atomic E-state index is 11.5. The van der Waals surface area contributed by atoms with Crippen LogP contribution in [-0.4, -0.2) is 21.1 Å². The van der Waals surface area contributed by atoms with E-state index in [1.165, 1.54) is 17.5 Å². The number of anilines is 2. The van der Waals surface area contributed by atoms with Crippen molar-refractivity contribution in [3.05, 3.63) is 29.4 Å². The lowest BCUT2D eigenvalue weighted by molar-refractivity contribution is -0.115. The molecule has 2 aromatic heterocycles. The molecule has 0 radical (unpaired) electrons. The Morgan fingerprint density at radius 2 is 2.44 bits per heavy atom. The third-order valence-corrected chi connectivity index (χ3v) is 2.47. The summed E-state index contributed by atoms with van der Waals surface area (Å²) in [7, 11) is 0. The molecule has 0 spiro atoms. The molecule has 1 amide bonds. The van der Waals surface area contributed by atoms with Gasteiger partial charge in [-0.3, -0.25) is 4.79 Å². The first kappa shape index (κ1) is 10.5. The molecule has 2 aromatic rings. The Morgan fingerprint density at radius 1 is 1.56 bits per heavy atom. The van der Waals surface area contributed by atoms with Gasteiger partial charge in [-0.25, -0.2) is 4.98 Å². The van der Waals surface area contributed by atoms with E-state index < -0.39 is 0 Å². The molecule has 0 fully saturated rings.